The van der Waals surface area contributed by atoms with Gasteiger partial charge in [0.1, 0.15) is 22.0 Å². The van der Waals surface area contributed by atoms with Gasteiger partial charge in [0.2, 0.25) is 5.82 Å². The number of aryl methyl sites for hydroxylation is 1. The van der Waals surface area contributed by atoms with E-state index in [2.05, 4.69) is 70.3 Å². The lowest BCUT2D eigenvalue weighted by atomic mass is 9.59. The van der Waals surface area contributed by atoms with Crippen LogP contribution in [0.4, 0.5) is 17.2 Å². The molecule has 68 heavy (non-hydrogen) atoms. The number of carbonyl (C=O) groups excluding carboxylic acids is 1. The van der Waals surface area contributed by atoms with Gasteiger partial charge in [-0.05, 0) is 105 Å². The van der Waals surface area contributed by atoms with E-state index in [9.17, 15) is 27.5 Å². The molecule has 3 aromatic heterocycles. The molecule has 4 aliphatic rings. The third-order valence-corrected chi connectivity index (χ3v) is 18.3. The fourth-order valence-electron chi connectivity index (χ4n) is 10.6. The van der Waals surface area contributed by atoms with Crippen molar-refractivity contribution in [3.8, 4) is 11.5 Å². The number of fused-ring (bicyclic) bond motifs is 1. The molecular weight excluding hydrogens is 907 g/mol. The van der Waals surface area contributed by atoms with Gasteiger partial charge in [-0.1, -0.05) is 45.0 Å². The van der Waals surface area contributed by atoms with E-state index in [0.717, 1.165) is 62.2 Å². The third-order valence-electron chi connectivity index (χ3n) is 14.6. The molecule has 1 amide bonds. The van der Waals surface area contributed by atoms with E-state index in [4.69, 9.17) is 9.47 Å². The van der Waals surface area contributed by atoms with E-state index in [-0.39, 0.29) is 42.4 Å². The molecule has 1 spiro atoms. The third kappa shape index (κ3) is 10.1. The van der Waals surface area contributed by atoms with Gasteiger partial charge in [0, 0.05) is 82.4 Å². The number of nitro groups is 1. The Labute approximate surface area is 398 Å². The Balaban J connectivity index is 0.874. The van der Waals surface area contributed by atoms with Crippen molar-refractivity contribution < 1.29 is 31.8 Å². The van der Waals surface area contributed by atoms with Crippen LogP contribution in [-0.4, -0.2) is 106 Å². The number of aromatic nitrogens is 3. The molecule has 2 aromatic carbocycles. The number of hydrogen-bond donors (Lipinski definition) is 3. The van der Waals surface area contributed by atoms with Crippen LogP contribution < -0.4 is 19.7 Å². The van der Waals surface area contributed by atoms with Crippen LogP contribution in [0, 0.1) is 15.5 Å². The molecule has 19 heteroatoms. The number of nitrogens with one attached hydrogen (secondary N) is 3. The summed E-state index contributed by atoms with van der Waals surface area (Å²) in [4.78, 5) is 41.6. The Morgan fingerprint density at radius 1 is 0.985 bits per heavy atom. The Bertz CT molecular complexity index is 2890. The number of sulfonamides is 1. The Kier molecular flexibility index (Phi) is 13.8. The summed E-state index contributed by atoms with van der Waals surface area (Å²) in [6.45, 7) is 9.19. The molecule has 0 radical (unpaired) electrons. The molecule has 3 saturated heterocycles. The van der Waals surface area contributed by atoms with E-state index >= 15 is 0 Å². The maximum atomic E-state index is 14.0. The SMILES string of the molecule is CCc1ccccc1[C@@H]1CCCN1C1CC2(CCN(c3ccc(C(=O)NS(=O)(=O)c4cnc(NCC5CCC(N=S(=O)(CC)CC)CO5)c([N+](=O)[O-])c4)c(Oc4cnc5[nH]ccc5c4)c3)CC2)C1. The van der Waals surface area contributed by atoms with Crippen molar-refractivity contribution in [2.45, 2.75) is 108 Å². The summed E-state index contributed by atoms with van der Waals surface area (Å²) in [7, 11) is -6.94. The molecule has 1 aliphatic carbocycles. The second-order valence-electron chi connectivity index (χ2n) is 18.6. The van der Waals surface area contributed by atoms with Gasteiger partial charge < -0.3 is 24.7 Å². The van der Waals surface area contributed by atoms with E-state index in [1.54, 1.807) is 30.5 Å². The zero-order chi connectivity index (χ0) is 47.6. The Morgan fingerprint density at radius 2 is 1.78 bits per heavy atom. The first-order chi connectivity index (χ1) is 32.8. The molecule has 3 aliphatic heterocycles. The number of nitrogens with zero attached hydrogens (tertiary/aromatic N) is 6. The highest BCUT2D eigenvalue weighted by molar-refractivity contribution is 7.93. The first-order valence-corrected chi connectivity index (χ1v) is 27.2. The summed E-state index contributed by atoms with van der Waals surface area (Å²) in [6.07, 6.45) is 13.1. The molecule has 2 unspecified atom stereocenters. The van der Waals surface area contributed by atoms with Crippen LogP contribution in [-0.2, 0) is 30.9 Å². The number of ether oxygens (including phenoxy) is 2. The fourth-order valence-corrected chi connectivity index (χ4v) is 13.0. The minimum absolute atomic E-state index is 0.0541. The van der Waals surface area contributed by atoms with E-state index in [1.165, 1.54) is 43.0 Å². The number of carbonyl (C=O) groups is 1. The first-order valence-electron chi connectivity index (χ1n) is 23.9. The Morgan fingerprint density at radius 3 is 2.51 bits per heavy atom. The summed E-state index contributed by atoms with van der Waals surface area (Å²) in [5.74, 6) is 0.281. The van der Waals surface area contributed by atoms with E-state index in [0.29, 0.717) is 53.2 Å². The topological polar surface area (TPSA) is 214 Å². The minimum Gasteiger partial charge on any atom is -0.455 e. The van der Waals surface area contributed by atoms with Crippen LogP contribution in [0.2, 0.25) is 0 Å². The lowest BCUT2D eigenvalue weighted by Gasteiger charge is -2.56. The molecule has 9 rings (SSSR count). The maximum absolute atomic E-state index is 14.0. The number of rotatable bonds is 16. The van der Waals surface area contributed by atoms with Crippen molar-refractivity contribution >= 4 is 53.9 Å². The van der Waals surface area contributed by atoms with Gasteiger partial charge >= 0.3 is 5.69 Å². The molecule has 362 valence electrons. The normalized spacial score (nSPS) is 21.1. The zero-order valence-electron chi connectivity index (χ0n) is 38.9. The van der Waals surface area contributed by atoms with Gasteiger partial charge in [-0.25, -0.2) is 31.7 Å². The van der Waals surface area contributed by atoms with E-state index in [1.807, 2.05) is 19.9 Å². The molecule has 3 atom stereocenters. The number of aromatic amines is 1. The molecule has 3 N–H and O–H groups in total. The number of pyridine rings is 2. The van der Waals surface area contributed by atoms with Crippen molar-refractivity contribution in [2.24, 2.45) is 9.78 Å². The van der Waals surface area contributed by atoms with Gasteiger partial charge in [-0.15, -0.1) is 0 Å². The second kappa shape index (κ2) is 19.8. The smallest absolute Gasteiger partial charge is 0.312 e. The quantitative estimate of drug-likeness (QED) is 0.0627. The molecule has 1 saturated carbocycles. The molecular formula is C49H61N9O8S2. The second-order valence-corrected chi connectivity index (χ2v) is 23.2. The van der Waals surface area contributed by atoms with Crippen LogP contribution in [0.1, 0.15) is 99.7 Å². The van der Waals surface area contributed by atoms with Gasteiger partial charge in [-0.3, -0.25) is 19.8 Å². The fraction of sp³-hybridized carbons (Fsp3) is 0.490. The molecule has 17 nitrogen and oxygen atoms in total. The summed E-state index contributed by atoms with van der Waals surface area (Å²) in [5.41, 5.74) is 4.09. The van der Waals surface area contributed by atoms with Gasteiger partial charge in [0.25, 0.3) is 15.9 Å². The standard InChI is InChI=1S/C49H61N9O8S2/c1-4-33-10-7-8-11-41(33)43-12-9-21-57(43)37-27-49(28-37)18-22-56(23-19-49)36-14-16-42(45(25-36)66-39-24-34-17-20-50-46(34)51-30-39)48(59)55-68(63,64)40-26-44(58(60)61)47(53-31-40)52-29-38-15-13-35(32-65-38)54-67(62,5-2)6-3/h7-8,10-11,14,16-17,20,24-26,30-31,35,37-38,43H,4-6,9,12-13,15,18-19,21-23,27-29,32H2,1-3H3,(H,50,51)(H,52,53)(H,55,59)/t35?,38?,43-/m0/s1. The Hall–Kier alpha value is -5.63. The number of likely N-dealkylation sites (tertiary alicyclic amines) is 1. The average Bonchev–Trinajstić information content (AvgIpc) is 4.03. The van der Waals surface area contributed by atoms with Crippen molar-refractivity contribution in [2.75, 3.05) is 54.5 Å². The van der Waals surface area contributed by atoms with Crippen molar-refractivity contribution in [1.29, 1.82) is 0 Å². The summed E-state index contributed by atoms with van der Waals surface area (Å²) in [5, 5.41) is 15.9. The number of amides is 1. The summed E-state index contributed by atoms with van der Waals surface area (Å²) < 4.78 is 59.3. The summed E-state index contributed by atoms with van der Waals surface area (Å²) >= 11 is 0. The predicted molar refractivity (Wildman–Crippen MR) is 262 cm³/mol. The van der Waals surface area contributed by atoms with Crippen LogP contribution in [0.25, 0.3) is 11.0 Å². The maximum Gasteiger partial charge on any atom is 0.312 e. The highest BCUT2D eigenvalue weighted by Crippen LogP contribution is 2.54. The highest BCUT2D eigenvalue weighted by Gasteiger charge is 2.50. The number of hydrogen-bond acceptors (Lipinski definition) is 14. The summed E-state index contributed by atoms with van der Waals surface area (Å²) in [6, 6.07) is 19.4. The highest BCUT2D eigenvalue weighted by atomic mass is 32.2. The first kappa shape index (κ1) is 47.4. The van der Waals surface area contributed by atoms with Crippen molar-refractivity contribution in [1.82, 2.24) is 24.6 Å². The minimum atomic E-state index is -4.67. The number of anilines is 2. The van der Waals surface area contributed by atoms with Gasteiger partial charge in [0.15, 0.2) is 0 Å². The van der Waals surface area contributed by atoms with Crippen LogP contribution in [0.15, 0.2) is 88.5 Å². The van der Waals surface area contributed by atoms with Crippen molar-refractivity contribution in [3.05, 3.63) is 106 Å². The molecule has 5 aromatic rings. The lowest BCUT2D eigenvalue weighted by Crippen LogP contribution is -2.54. The molecule has 6 heterocycles. The zero-order valence-corrected chi connectivity index (χ0v) is 40.5. The molecule has 0 bridgehead atoms. The van der Waals surface area contributed by atoms with E-state index < -0.39 is 41.2 Å². The van der Waals surface area contributed by atoms with Crippen LogP contribution in [0.3, 0.4) is 0 Å². The van der Waals surface area contributed by atoms with Crippen molar-refractivity contribution in [3.63, 3.8) is 0 Å². The predicted octanol–water partition coefficient (Wildman–Crippen LogP) is 8.39. The monoisotopic (exact) mass is 967 g/mol. The van der Waals surface area contributed by atoms with Crippen LogP contribution >= 0.6 is 0 Å². The lowest BCUT2D eigenvalue weighted by molar-refractivity contribution is -0.384. The number of benzene rings is 2. The average molecular weight is 968 g/mol. The largest absolute Gasteiger partial charge is 0.455 e. The number of piperidine rings is 1. The molecule has 4 fully saturated rings. The number of H-pyrrole nitrogens is 1. The van der Waals surface area contributed by atoms with Crippen LogP contribution in [0.5, 0.6) is 11.5 Å². The van der Waals surface area contributed by atoms with Gasteiger partial charge in [-0.2, -0.15) is 0 Å². The van der Waals surface area contributed by atoms with Gasteiger partial charge in [0.05, 0.1) is 41.6 Å².